The summed E-state index contributed by atoms with van der Waals surface area (Å²) in [4.78, 5) is 11.9. The lowest BCUT2D eigenvalue weighted by Gasteiger charge is -2.33. The first-order valence-electron chi connectivity index (χ1n) is 10.6. The minimum absolute atomic E-state index is 0.0173. The monoisotopic (exact) mass is 420 g/mol. The number of carbonyl (C=O) groups is 1. The highest BCUT2D eigenvalue weighted by Crippen LogP contribution is 2.41. The Hall–Kier alpha value is -2.96. The maximum Gasteiger partial charge on any atom is 0.308 e. The van der Waals surface area contributed by atoms with Gasteiger partial charge in [0.2, 0.25) is 0 Å². The highest BCUT2D eigenvalue weighted by Gasteiger charge is 2.39. The molecule has 0 bridgehead atoms. The van der Waals surface area contributed by atoms with E-state index in [0.29, 0.717) is 31.4 Å². The van der Waals surface area contributed by atoms with Gasteiger partial charge < -0.3 is 14.9 Å². The zero-order valence-corrected chi connectivity index (χ0v) is 17.9. The molecule has 3 aromatic rings. The summed E-state index contributed by atoms with van der Waals surface area (Å²) in [7, 11) is 1.40. The molecular weight excluding hydrogens is 392 g/mol. The molecule has 2 N–H and O–H groups in total. The largest absolute Gasteiger partial charge is 0.469 e. The Morgan fingerprint density at radius 1 is 1.13 bits per heavy atom. The van der Waals surface area contributed by atoms with E-state index in [1.54, 1.807) is 0 Å². The third kappa shape index (κ3) is 4.27. The number of hydrogen-bond donors (Lipinski definition) is 2. The third-order valence-corrected chi connectivity index (χ3v) is 6.24. The number of hydrogen-bond acceptors (Lipinski definition) is 5. The van der Waals surface area contributed by atoms with Gasteiger partial charge in [-0.1, -0.05) is 42.0 Å². The highest BCUT2D eigenvalue weighted by atomic mass is 16.5. The van der Waals surface area contributed by atoms with Crippen LogP contribution in [0, 0.1) is 12.8 Å². The molecule has 0 aliphatic heterocycles. The third-order valence-electron chi connectivity index (χ3n) is 6.24. The van der Waals surface area contributed by atoms with Crippen LogP contribution < -0.4 is 0 Å². The predicted molar refractivity (Wildman–Crippen MR) is 118 cm³/mol. The van der Waals surface area contributed by atoms with Crippen LogP contribution in [0.3, 0.4) is 0 Å². The van der Waals surface area contributed by atoms with Crippen molar-refractivity contribution >= 4 is 5.97 Å². The number of methoxy groups -OCH3 is 1. The number of aromatic nitrogens is 2. The van der Waals surface area contributed by atoms with Gasteiger partial charge in [0.1, 0.15) is 5.60 Å². The molecule has 0 atom stereocenters. The summed E-state index contributed by atoms with van der Waals surface area (Å²) in [6.45, 7) is 2.03. The Labute approximate surface area is 182 Å². The van der Waals surface area contributed by atoms with Crippen molar-refractivity contribution in [3.05, 3.63) is 71.4 Å². The topological polar surface area (TPSA) is 84.6 Å². The first kappa shape index (κ1) is 21.3. The number of ether oxygens (including phenoxy) is 1. The quantitative estimate of drug-likeness (QED) is 0.612. The minimum atomic E-state index is -1.08. The molecule has 0 amide bonds. The molecule has 1 fully saturated rings. The Balaban J connectivity index is 1.72. The number of benzene rings is 2. The molecule has 0 radical (unpaired) electrons. The Bertz CT molecular complexity index is 1050. The zero-order chi connectivity index (χ0) is 22.0. The van der Waals surface area contributed by atoms with Crippen molar-refractivity contribution in [1.82, 2.24) is 9.78 Å². The molecule has 1 aliphatic carbocycles. The van der Waals surface area contributed by atoms with E-state index in [0.717, 1.165) is 22.5 Å². The Morgan fingerprint density at radius 2 is 1.77 bits per heavy atom. The molecule has 6 nitrogen and oxygen atoms in total. The second kappa shape index (κ2) is 8.65. The maximum absolute atomic E-state index is 11.9. The highest BCUT2D eigenvalue weighted by molar-refractivity contribution is 5.72. The van der Waals surface area contributed by atoms with E-state index in [4.69, 9.17) is 9.84 Å². The SMILES string of the molecule is COC(=O)C1CCC(O)(c2cc(-c3ccc(C)cc3)n(-c3ccc(CO)cc3)n2)CC1. The molecule has 1 heterocycles. The van der Waals surface area contributed by atoms with E-state index >= 15 is 0 Å². The predicted octanol–water partition coefficient (Wildman–Crippen LogP) is 3.89. The lowest BCUT2D eigenvalue weighted by molar-refractivity contribution is -0.148. The van der Waals surface area contributed by atoms with Gasteiger partial charge >= 0.3 is 5.97 Å². The first-order chi connectivity index (χ1) is 14.9. The number of esters is 1. The van der Waals surface area contributed by atoms with Gasteiger partial charge in [-0.2, -0.15) is 5.10 Å². The van der Waals surface area contributed by atoms with E-state index in [2.05, 4.69) is 12.1 Å². The molecule has 0 saturated heterocycles. The summed E-state index contributed by atoms with van der Waals surface area (Å²) in [6.07, 6.45) is 2.06. The molecule has 0 spiro atoms. The van der Waals surface area contributed by atoms with E-state index < -0.39 is 5.60 Å². The van der Waals surface area contributed by atoms with Crippen LogP contribution in [-0.2, 0) is 21.7 Å². The van der Waals surface area contributed by atoms with Gasteiger partial charge in [0.25, 0.3) is 0 Å². The summed E-state index contributed by atoms with van der Waals surface area (Å²) in [5.74, 6) is -0.383. The Kier molecular flexibility index (Phi) is 5.94. The smallest absolute Gasteiger partial charge is 0.308 e. The van der Waals surface area contributed by atoms with Gasteiger partial charge in [-0.3, -0.25) is 4.79 Å². The summed E-state index contributed by atoms with van der Waals surface area (Å²) in [6, 6.07) is 17.7. The van der Waals surface area contributed by atoms with Gasteiger partial charge in [-0.25, -0.2) is 4.68 Å². The fourth-order valence-corrected chi connectivity index (χ4v) is 4.23. The van der Waals surface area contributed by atoms with Crippen LogP contribution >= 0.6 is 0 Å². The normalized spacial score (nSPS) is 21.1. The van der Waals surface area contributed by atoms with E-state index in [-0.39, 0.29) is 18.5 Å². The van der Waals surface area contributed by atoms with Crippen LogP contribution in [0.1, 0.15) is 42.5 Å². The van der Waals surface area contributed by atoms with Gasteiger partial charge in [-0.05, 0) is 56.4 Å². The molecule has 1 aromatic heterocycles. The number of aliphatic hydroxyl groups is 2. The van der Waals surface area contributed by atoms with Gasteiger partial charge in [-0.15, -0.1) is 0 Å². The van der Waals surface area contributed by atoms with Crippen LogP contribution in [0.2, 0.25) is 0 Å². The fourth-order valence-electron chi connectivity index (χ4n) is 4.23. The van der Waals surface area contributed by atoms with Crippen molar-refractivity contribution in [2.24, 2.45) is 5.92 Å². The summed E-state index contributed by atoms with van der Waals surface area (Å²) >= 11 is 0. The van der Waals surface area contributed by atoms with Gasteiger partial charge in [0, 0.05) is 5.56 Å². The molecular formula is C25H28N2O4. The lowest BCUT2D eigenvalue weighted by Crippen LogP contribution is -2.34. The Morgan fingerprint density at radius 3 is 2.35 bits per heavy atom. The van der Waals surface area contributed by atoms with E-state index in [1.165, 1.54) is 12.7 Å². The van der Waals surface area contributed by atoms with Crippen molar-refractivity contribution in [1.29, 1.82) is 0 Å². The average Bonchev–Trinajstić information content (AvgIpc) is 3.26. The van der Waals surface area contributed by atoms with Crippen molar-refractivity contribution in [2.75, 3.05) is 7.11 Å². The van der Waals surface area contributed by atoms with E-state index in [9.17, 15) is 15.0 Å². The molecule has 4 rings (SSSR count). The first-order valence-corrected chi connectivity index (χ1v) is 10.6. The molecule has 6 heteroatoms. The van der Waals surface area contributed by atoms with Crippen molar-refractivity contribution < 1.29 is 19.7 Å². The second-order valence-corrected chi connectivity index (χ2v) is 8.35. The van der Waals surface area contributed by atoms with Crippen LogP contribution in [0.5, 0.6) is 0 Å². The van der Waals surface area contributed by atoms with Crippen molar-refractivity contribution in [3.63, 3.8) is 0 Å². The second-order valence-electron chi connectivity index (χ2n) is 8.35. The van der Waals surface area contributed by atoms with Crippen molar-refractivity contribution in [2.45, 2.75) is 44.8 Å². The fraction of sp³-hybridized carbons (Fsp3) is 0.360. The summed E-state index contributed by atoms with van der Waals surface area (Å²) < 4.78 is 6.71. The number of nitrogens with zero attached hydrogens (tertiary/aromatic N) is 2. The number of carbonyl (C=O) groups excluding carboxylic acids is 1. The number of aliphatic hydroxyl groups excluding tert-OH is 1. The summed E-state index contributed by atoms with van der Waals surface area (Å²) in [5, 5.41) is 25.6. The molecule has 1 saturated carbocycles. The van der Waals surface area contributed by atoms with Gasteiger partial charge in [0.15, 0.2) is 0 Å². The molecule has 162 valence electrons. The molecule has 0 unspecified atom stereocenters. The standard InChI is InChI=1S/C25H28N2O4/c1-17-3-7-19(8-4-17)22-15-23(25(30)13-11-20(12-14-25)24(29)31-2)26-27(22)21-9-5-18(16-28)6-10-21/h3-10,15,20,28,30H,11-14,16H2,1-2H3. The number of aryl methyl sites for hydroxylation is 1. The van der Waals surface area contributed by atoms with Crippen LogP contribution in [-0.4, -0.2) is 33.1 Å². The maximum atomic E-state index is 11.9. The summed E-state index contributed by atoms with van der Waals surface area (Å²) in [5.41, 5.74) is 4.26. The van der Waals surface area contributed by atoms with Gasteiger partial charge in [0.05, 0.1) is 36.7 Å². The molecule has 2 aromatic carbocycles. The number of rotatable bonds is 5. The van der Waals surface area contributed by atoms with Crippen LogP contribution in [0.4, 0.5) is 0 Å². The zero-order valence-electron chi connectivity index (χ0n) is 17.9. The average molecular weight is 421 g/mol. The van der Waals surface area contributed by atoms with Crippen molar-refractivity contribution in [3.8, 4) is 16.9 Å². The van der Waals surface area contributed by atoms with E-state index in [1.807, 2.05) is 54.1 Å². The molecule has 31 heavy (non-hydrogen) atoms. The lowest BCUT2D eigenvalue weighted by atomic mass is 9.77. The minimum Gasteiger partial charge on any atom is -0.469 e. The van der Waals surface area contributed by atoms with Crippen LogP contribution in [0.15, 0.2) is 54.6 Å². The molecule has 1 aliphatic rings. The van der Waals surface area contributed by atoms with Crippen LogP contribution in [0.25, 0.3) is 16.9 Å².